The fourth-order valence-electron chi connectivity index (χ4n) is 2.21. The van der Waals surface area contributed by atoms with E-state index in [1.165, 1.54) is 0 Å². The van der Waals surface area contributed by atoms with Crippen molar-refractivity contribution >= 4 is 11.0 Å². The maximum Gasteiger partial charge on any atom is 0.192 e. The van der Waals surface area contributed by atoms with Gasteiger partial charge in [-0.15, -0.1) is 0 Å². The third kappa shape index (κ3) is 2.87. The Balaban J connectivity index is 2.12. The molecule has 0 unspecified atom stereocenters. The molecule has 0 aliphatic rings. The molecule has 0 atom stereocenters. The molecule has 0 saturated heterocycles. The second-order valence-corrected chi connectivity index (χ2v) is 5.34. The van der Waals surface area contributed by atoms with Crippen molar-refractivity contribution in [1.82, 2.24) is 24.4 Å². The lowest BCUT2D eigenvalue weighted by Crippen LogP contribution is -2.20. The molecule has 0 radical (unpaired) electrons. The molecule has 0 fully saturated rings. The van der Waals surface area contributed by atoms with Gasteiger partial charge in [0.25, 0.3) is 0 Å². The number of hydrogen-bond acceptors (Lipinski definition) is 5. The first-order chi connectivity index (χ1) is 10.6. The zero-order valence-corrected chi connectivity index (χ0v) is 12.6. The zero-order valence-electron chi connectivity index (χ0n) is 12.6. The summed E-state index contributed by atoms with van der Waals surface area (Å²) < 4.78 is 1.99. The predicted molar refractivity (Wildman–Crippen MR) is 85.6 cm³/mol. The van der Waals surface area contributed by atoms with Crippen LogP contribution in [0.3, 0.4) is 0 Å². The lowest BCUT2D eigenvalue weighted by Gasteiger charge is -2.14. The maximum absolute atomic E-state index is 12.0. The fourth-order valence-corrected chi connectivity index (χ4v) is 2.21. The van der Waals surface area contributed by atoms with Gasteiger partial charge in [0.2, 0.25) is 0 Å². The lowest BCUT2D eigenvalue weighted by molar-refractivity contribution is 0.386. The molecule has 22 heavy (non-hydrogen) atoms. The highest BCUT2D eigenvalue weighted by Gasteiger charge is 2.08. The summed E-state index contributed by atoms with van der Waals surface area (Å²) >= 11 is 0. The van der Waals surface area contributed by atoms with Gasteiger partial charge in [-0.05, 0) is 26.2 Å². The van der Waals surface area contributed by atoms with Crippen molar-refractivity contribution in [1.29, 1.82) is 0 Å². The highest BCUT2D eigenvalue weighted by atomic mass is 16.1. The number of hydrogen-bond donors (Lipinski definition) is 0. The minimum Gasteiger partial charge on any atom is -0.331 e. The molecule has 3 rings (SSSR count). The van der Waals surface area contributed by atoms with E-state index >= 15 is 0 Å². The number of rotatable bonds is 4. The maximum atomic E-state index is 12.0. The molecule has 3 aromatic heterocycles. The Labute approximate surface area is 128 Å². The summed E-state index contributed by atoms with van der Waals surface area (Å²) in [5, 5.41) is 0.541. The van der Waals surface area contributed by atoms with Crippen LogP contribution in [0.2, 0.25) is 0 Å². The van der Waals surface area contributed by atoms with Crippen LogP contribution in [0.25, 0.3) is 22.4 Å². The van der Waals surface area contributed by atoms with Crippen molar-refractivity contribution < 1.29 is 0 Å². The Hall–Kier alpha value is -2.60. The molecule has 3 heterocycles. The third-order valence-electron chi connectivity index (χ3n) is 3.44. The van der Waals surface area contributed by atoms with E-state index in [-0.39, 0.29) is 5.43 Å². The van der Waals surface area contributed by atoms with Gasteiger partial charge < -0.3 is 9.47 Å². The first-order valence-corrected chi connectivity index (χ1v) is 7.06. The minimum absolute atomic E-state index is 0.0580. The molecule has 3 aromatic rings. The molecule has 0 bridgehead atoms. The van der Waals surface area contributed by atoms with Gasteiger partial charge in [0.05, 0.1) is 5.39 Å². The van der Waals surface area contributed by atoms with E-state index in [0.29, 0.717) is 16.9 Å². The van der Waals surface area contributed by atoms with Crippen LogP contribution in [-0.4, -0.2) is 45.1 Å². The standard InChI is InChI=1S/C16H17N5O/c1-20(2)9-10-21-8-5-14(22)13-11-18-15(19-16(13)21)12-3-6-17-7-4-12/h3-8,11H,9-10H2,1-2H3. The number of nitrogens with zero attached hydrogens (tertiary/aromatic N) is 5. The van der Waals surface area contributed by atoms with Crippen molar-refractivity contribution in [2.24, 2.45) is 0 Å². The number of fused-ring (bicyclic) bond motifs is 1. The molecule has 6 heteroatoms. The summed E-state index contributed by atoms with van der Waals surface area (Å²) in [6.07, 6.45) is 6.80. The second-order valence-electron chi connectivity index (χ2n) is 5.34. The van der Waals surface area contributed by atoms with E-state index in [1.807, 2.05) is 30.8 Å². The summed E-state index contributed by atoms with van der Waals surface area (Å²) in [5.74, 6) is 0.596. The number of pyridine rings is 2. The smallest absolute Gasteiger partial charge is 0.192 e. The van der Waals surface area contributed by atoms with Crippen molar-refractivity contribution in [3.8, 4) is 11.4 Å². The van der Waals surface area contributed by atoms with E-state index in [1.54, 1.807) is 30.9 Å². The highest BCUT2D eigenvalue weighted by molar-refractivity contribution is 5.76. The minimum atomic E-state index is -0.0580. The predicted octanol–water partition coefficient (Wildman–Crippen LogP) is 1.42. The fraction of sp³-hybridized carbons (Fsp3) is 0.250. The van der Waals surface area contributed by atoms with Gasteiger partial charge in [0, 0.05) is 49.5 Å². The van der Waals surface area contributed by atoms with E-state index in [9.17, 15) is 4.79 Å². The third-order valence-corrected chi connectivity index (χ3v) is 3.44. The highest BCUT2D eigenvalue weighted by Crippen LogP contribution is 2.15. The van der Waals surface area contributed by atoms with E-state index in [4.69, 9.17) is 0 Å². The first kappa shape index (κ1) is 14.3. The van der Waals surface area contributed by atoms with Crippen LogP contribution in [-0.2, 0) is 6.54 Å². The van der Waals surface area contributed by atoms with E-state index in [2.05, 4.69) is 19.9 Å². The molecule has 0 aliphatic carbocycles. The van der Waals surface area contributed by atoms with Crippen LogP contribution >= 0.6 is 0 Å². The molecular formula is C16H17N5O. The van der Waals surface area contributed by atoms with Crippen LogP contribution in [0.5, 0.6) is 0 Å². The molecular weight excluding hydrogens is 278 g/mol. The summed E-state index contributed by atoms with van der Waals surface area (Å²) in [5.41, 5.74) is 1.49. The molecule has 0 aromatic carbocycles. The topological polar surface area (TPSA) is 63.9 Å². The Kier molecular flexibility index (Phi) is 3.93. The molecule has 0 spiro atoms. The molecule has 0 saturated carbocycles. The van der Waals surface area contributed by atoms with Crippen LogP contribution in [0.15, 0.2) is 47.8 Å². The van der Waals surface area contributed by atoms with Crippen molar-refractivity contribution in [2.45, 2.75) is 6.54 Å². The first-order valence-electron chi connectivity index (χ1n) is 7.06. The molecule has 6 nitrogen and oxygen atoms in total. The number of aromatic nitrogens is 4. The van der Waals surface area contributed by atoms with Crippen molar-refractivity contribution in [2.75, 3.05) is 20.6 Å². The Morgan fingerprint density at radius 2 is 1.95 bits per heavy atom. The van der Waals surface area contributed by atoms with Gasteiger partial charge in [0.15, 0.2) is 11.3 Å². The second kappa shape index (κ2) is 6.03. The molecule has 112 valence electrons. The van der Waals surface area contributed by atoms with Gasteiger partial charge in [-0.2, -0.15) is 0 Å². The quantitative estimate of drug-likeness (QED) is 0.728. The van der Waals surface area contributed by atoms with Gasteiger partial charge in [-0.25, -0.2) is 9.97 Å². The van der Waals surface area contributed by atoms with Crippen LogP contribution in [0.1, 0.15) is 0 Å². The monoisotopic (exact) mass is 295 g/mol. The van der Waals surface area contributed by atoms with Crippen molar-refractivity contribution in [3.63, 3.8) is 0 Å². The average molecular weight is 295 g/mol. The SMILES string of the molecule is CN(C)CCn1ccc(=O)c2cnc(-c3ccncc3)nc21. The van der Waals surface area contributed by atoms with Crippen LogP contribution in [0.4, 0.5) is 0 Å². The Morgan fingerprint density at radius 3 is 2.68 bits per heavy atom. The summed E-state index contributed by atoms with van der Waals surface area (Å²) in [4.78, 5) is 27.0. The van der Waals surface area contributed by atoms with Gasteiger partial charge in [0.1, 0.15) is 5.65 Å². The van der Waals surface area contributed by atoms with E-state index in [0.717, 1.165) is 18.7 Å². The Morgan fingerprint density at radius 1 is 1.18 bits per heavy atom. The largest absolute Gasteiger partial charge is 0.331 e. The molecule has 0 amide bonds. The van der Waals surface area contributed by atoms with Crippen LogP contribution < -0.4 is 5.43 Å². The summed E-state index contributed by atoms with van der Waals surface area (Å²) in [6.45, 7) is 1.63. The molecule has 0 N–H and O–H groups in total. The molecule has 0 aliphatic heterocycles. The van der Waals surface area contributed by atoms with Crippen molar-refractivity contribution in [3.05, 3.63) is 53.2 Å². The normalized spacial score (nSPS) is 11.2. The Bertz CT molecular complexity index is 842. The zero-order chi connectivity index (χ0) is 15.5. The number of likely N-dealkylation sites (N-methyl/N-ethyl adjacent to an activating group) is 1. The average Bonchev–Trinajstić information content (AvgIpc) is 2.54. The van der Waals surface area contributed by atoms with Gasteiger partial charge >= 0.3 is 0 Å². The summed E-state index contributed by atoms with van der Waals surface area (Å²) in [6, 6.07) is 5.27. The van der Waals surface area contributed by atoms with Gasteiger partial charge in [-0.3, -0.25) is 9.78 Å². The lowest BCUT2D eigenvalue weighted by atomic mass is 10.2. The summed E-state index contributed by atoms with van der Waals surface area (Å²) in [7, 11) is 4.03. The van der Waals surface area contributed by atoms with Gasteiger partial charge in [-0.1, -0.05) is 0 Å². The van der Waals surface area contributed by atoms with Crippen LogP contribution in [0, 0.1) is 0 Å². The van der Waals surface area contributed by atoms with E-state index < -0.39 is 0 Å².